The van der Waals surface area contributed by atoms with Gasteiger partial charge in [-0.1, -0.05) is 31.7 Å². The van der Waals surface area contributed by atoms with Gasteiger partial charge in [0.1, 0.15) is 5.75 Å². The molecule has 0 aromatic heterocycles. The predicted octanol–water partition coefficient (Wildman–Crippen LogP) is 3.14. The maximum atomic E-state index is 12.3. The molecule has 1 aliphatic carbocycles. The van der Waals surface area contributed by atoms with Crippen LogP contribution in [0.3, 0.4) is 0 Å². The molecule has 140 valence electrons. The fourth-order valence-electron chi connectivity index (χ4n) is 3.16. The molecule has 1 saturated carbocycles. The van der Waals surface area contributed by atoms with E-state index in [1.165, 1.54) is 38.5 Å². The van der Waals surface area contributed by atoms with Gasteiger partial charge in [-0.05, 0) is 31.0 Å². The van der Waals surface area contributed by atoms with E-state index < -0.39 is 0 Å². The Bertz CT molecular complexity index is 499. The number of carbonyl (C=O) groups is 1. The predicted molar refractivity (Wildman–Crippen MR) is 100 cm³/mol. The zero-order valence-corrected chi connectivity index (χ0v) is 15.4. The van der Waals surface area contributed by atoms with Crippen LogP contribution in [0.15, 0.2) is 24.3 Å². The molecule has 25 heavy (non-hydrogen) atoms. The van der Waals surface area contributed by atoms with Gasteiger partial charge in [0.25, 0.3) is 5.91 Å². The number of nitrogens with one attached hydrogen (secondary N) is 2. The third-order valence-electron chi connectivity index (χ3n) is 4.56. The number of hydrogen-bond donors (Lipinski definition) is 2. The molecule has 1 amide bonds. The van der Waals surface area contributed by atoms with Gasteiger partial charge in [0.05, 0.1) is 6.61 Å². The maximum absolute atomic E-state index is 12.3. The number of amides is 1. The van der Waals surface area contributed by atoms with Gasteiger partial charge in [0.15, 0.2) is 0 Å². The smallest absolute Gasteiger partial charge is 0.251 e. The average molecular weight is 348 g/mol. The molecule has 0 bridgehead atoms. The fourth-order valence-corrected chi connectivity index (χ4v) is 3.16. The van der Waals surface area contributed by atoms with E-state index in [1.807, 2.05) is 18.2 Å². The van der Waals surface area contributed by atoms with Gasteiger partial charge >= 0.3 is 0 Å². The van der Waals surface area contributed by atoms with Crippen molar-refractivity contribution in [2.24, 2.45) is 0 Å². The van der Waals surface area contributed by atoms with Crippen molar-refractivity contribution in [3.05, 3.63) is 29.8 Å². The minimum atomic E-state index is -0.0509. The van der Waals surface area contributed by atoms with E-state index in [9.17, 15) is 4.79 Å². The molecule has 1 aromatic carbocycles. The molecule has 0 saturated heterocycles. The first-order chi connectivity index (χ1) is 12.3. The van der Waals surface area contributed by atoms with Crippen molar-refractivity contribution >= 4 is 5.91 Å². The normalized spacial score (nSPS) is 15.6. The van der Waals surface area contributed by atoms with Gasteiger partial charge in [-0.2, -0.15) is 0 Å². The van der Waals surface area contributed by atoms with Crippen LogP contribution in [-0.2, 0) is 4.74 Å². The van der Waals surface area contributed by atoms with E-state index in [-0.39, 0.29) is 5.91 Å². The number of carbonyl (C=O) groups excluding carboxylic acids is 1. The van der Waals surface area contributed by atoms with Crippen LogP contribution in [0.5, 0.6) is 5.75 Å². The van der Waals surface area contributed by atoms with E-state index in [0.29, 0.717) is 31.4 Å². The number of benzene rings is 1. The van der Waals surface area contributed by atoms with E-state index >= 15 is 0 Å². The Kier molecular flexibility index (Phi) is 9.37. The lowest BCUT2D eigenvalue weighted by molar-refractivity contribution is 0.0953. The number of hydrogen-bond acceptors (Lipinski definition) is 4. The summed E-state index contributed by atoms with van der Waals surface area (Å²) in [4.78, 5) is 12.3. The number of methoxy groups -OCH3 is 1. The van der Waals surface area contributed by atoms with Gasteiger partial charge in [0, 0.05) is 44.8 Å². The molecule has 5 heteroatoms. The maximum Gasteiger partial charge on any atom is 0.251 e. The van der Waals surface area contributed by atoms with Crippen molar-refractivity contribution in [1.82, 2.24) is 10.6 Å². The second-order valence-corrected chi connectivity index (χ2v) is 6.62. The van der Waals surface area contributed by atoms with Crippen LogP contribution in [-0.4, -0.2) is 45.4 Å². The van der Waals surface area contributed by atoms with Gasteiger partial charge in [-0.15, -0.1) is 0 Å². The summed E-state index contributed by atoms with van der Waals surface area (Å²) < 4.78 is 10.6. The first-order valence-corrected chi connectivity index (χ1v) is 9.53. The first kappa shape index (κ1) is 19.7. The molecular formula is C20H32N2O3. The molecule has 1 fully saturated rings. The van der Waals surface area contributed by atoms with E-state index in [1.54, 1.807) is 13.2 Å². The Morgan fingerprint density at radius 1 is 1.12 bits per heavy atom. The number of rotatable bonds is 10. The second-order valence-electron chi connectivity index (χ2n) is 6.62. The molecule has 1 aliphatic rings. The quantitative estimate of drug-likeness (QED) is 0.504. The summed E-state index contributed by atoms with van der Waals surface area (Å²) in [6, 6.07) is 7.95. The molecule has 0 unspecified atom stereocenters. The Morgan fingerprint density at radius 3 is 2.68 bits per heavy atom. The lowest BCUT2D eigenvalue weighted by Crippen LogP contribution is -2.36. The van der Waals surface area contributed by atoms with Crippen molar-refractivity contribution in [3.63, 3.8) is 0 Å². The van der Waals surface area contributed by atoms with Crippen LogP contribution < -0.4 is 15.4 Å². The Morgan fingerprint density at radius 2 is 1.92 bits per heavy atom. The zero-order chi connectivity index (χ0) is 17.7. The van der Waals surface area contributed by atoms with Crippen LogP contribution in [0.1, 0.15) is 55.3 Å². The summed E-state index contributed by atoms with van der Waals surface area (Å²) in [5.41, 5.74) is 0.638. The summed E-state index contributed by atoms with van der Waals surface area (Å²) in [5, 5.41) is 6.55. The third kappa shape index (κ3) is 7.88. The van der Waals surface area contributed by atoms with Gasteiger partial charge in [-0.3, -0.25) is 4.79 Å². The second kappa shape index (κ2) is 11.9. The molecule has 5 nitrogen and oxygen atoms in total. The SMILES string of the molecule is COCCCOc1cccc(C(=O)NCCNC2CCCCCC2)c1. The van der Waals surface area contributed by atoms with Crippen LogP contribution in [0.4, 0.5) is 0 Å². The summed E-state index contributed by atoms with van der Waals surface area (Å²) in [6.45, 7) is 2.73. The highest BCUT2D eigenvalue weighted by atomic mass is 16.5. The summed E-state index contributed by atoms with van der Waals surface area (Å²) in [7, 11) is 1.68. The van der Waals surface area contributed by atoms with Crippen molar-refractivity contribution < 1.29 is 14.3 Å². The van der Waals surface area contributed by atoms with E-state index in [2.05, 4.69) is 10.6 Å². The molecule has 2 N–H and O–H groups in total. The Balaban J connectivity index is 1.67. The molecule has 0 aliphatic heterocycles. The third-order valence-corrected chi connectivity index (χ3v) is 4.56. The molecule has 1 aromatic rings. The monoisotopic (exact) mass is 348 g/mol. The van der Waals surface area contributed by atoms with Crippen molar-refractivity contribution in [2.45, 2.75) is 51.0 Å². The highest BCUT2D eigenvalue weighted by molar-refractivity contribution is 5.94. The molecule has 2 rings (SSSR count). The highest BCUT2D eigenvalue weighted by Crippen LogP contribution is 2.17. The molecule has 0 spiro atoms. The average Bonchev–Trinajstić information content (AvgIpc) is 2.91. The lowest BCUT2D eigenvalue weighted by Gasteiger charge is -2.16. The molecule has 0 radical (unpaired) electrons. The van der Waals surface area contributed by atoms with Gasteiger partial charge in [0.2, 0.25) is 0 Å². The van der Waals surface area contributed by atoms with Gasteiger partial charge < -0.3 is 20.1 Å². The minimum absolute atomic E-state index is 0.0509. The molecular weight excluding hydrogens is 316 g/mol. The Hall–Kier alpha value is -1.59. The van der Waals surface area contributed by atoms with E-state index in [0.717, 1.165) is 18.7 Å². The highest BCUT2D eigenvalue weighted by Gasteiger charge is 2.11. The first-order valence-electron chi connectivity index (χ1n) is 9.53. The van der Waals surface area contributed by atoms with Crippen LogP contribution >= 0.6 is 0 Å². The van der Waals surface area contributed by atoms with Gasteiger partial charge in [-0.25, -0.2) is 0 Å². The van der Waals surface area contributed by atoms with E-state index in [4.69, 9.17) is 9.47 Å². The van der Waals surface area contributed by atoms with Crippen molar-refractivity contribution in [3.8, 4) is 5.75 Å². The van der Waals surface area contributed by atoms with Crippen molar-refractivity contribution in [2.75, 3.05) is 33.4 Å². The van der Waals surface area contributed by atoms with Crippen LogP contribution in [0, 0.1) is 0 Å². The van der Waals surface area contributed by atoms with Crippen molar-refractivity contribution in [1.29, 1.82) is 0 Å². The summed E-state index contributed by atoms with van der Waals surface area (Å²) in [6.07, 6.45) is 8.71. The minimum Gasteiger partial charge on any atom is -0.493 e. The van der Waals surface area contributed by atoms with Crippen LogP contribution in [0.25, 0.3) is 0 Å². The molecule has 0 heterocycles. The zero-order valence-electron chi connectivity index (χ0n) is 15.4. The molecule has 0 atom stereocenters. The largest absolute Gasteiger partial charge is 0.493 e. The summed E-state index contributed by atoms with van der Waals surface area (Å²) >= 11 is 0. The number of ether oxygens (including phenoxy) is 2. The topological polar surface area (TPSA) is 59.6 Å². The fraction of sp³-hybridized carbons (Fsp3) is 0.650. The lowest BCUT2D eigenvalue weighted by atomic mass is 10.1. The van der Waals surface area contributed by atoms with Crippen LogP contribution in [0.2, 0.25) is 0 Å². The standard InChI is InChI=1S/C20H32N2O3/c1-24-14-7-15-25-19-11-6-8-17(16-19)20(23)22-13-12-21-18-9-4-2-3-5-10-18/h6,8,11,16,18,21H,2-5,7,9-10,12-15H2,1H3,(H,22,23). The summed E-state index contributed by atoms with van der Waals surface area (Å²) in [5.74, 6) is 0.672. The Labute approximate surface area is 151 Å².